The number of benzene rings is 1. The van der Waals surface area contributed by atoms with E-state index < -0.39 is 22.0 Å². The normalized spacial score (nSPS) is 12.3. The smallest absolute Gasteiger partial charge is 0.410 e. The zero-order chi connectivity index (χ0) is 16.0. The van der Waals surface area contributed by atoms with E-state index in [1.165, 1.54) is 24.3 Å². The molecule has 0 saturated carbocycles. The zero-order valence-corrected chi connectivity index (χ0v) is 11.1. The van der Waals surface area contributed by atoms with Crippen molar-refractivity contribution in [2.24, 2.45) is 5.16 Å². The van der Waals surface area contributed by atoms with E-state index >= 15 is 0 Å². The van der Waals surface area contributed by atoms with Gasteiger partial charge < -0.3 is 5.21 Å². The fraction of sp³-hybridized carbons (Fsp3) is 0.182. The third-order valence-electron chi connectivity index (χ3n) is 1.90. The molecular weight excluding hydrogens is 299 g/mol. The first-order valence-electron chi connectivity index (χ1n) is 4.97. The Balaban J connectivity index is 0.000000511. The van der Waals surface area contributed by atoms with Gasteiger partial charge in [-0.1, -0.05) is 41.6 Å². The van der Waals surface area contributed by atoms with Gasteiger partial charge in [-0.2, -0.15) is 21.6 Å². The summed E-state index contributed by atoms with van der Waals surface area (Å²) >= 11 is 0. The molecule has 1 aromatic rings. The highest BCUT2D eigenvalue weighted by Gasteiger charge is 2.37. The molecule has 0 aliphatic rings. The number of aryl methyl sites for hydroxylation is 1. The Labute approximate surface area is 113 Å². The van der Waals surface area contributed by atoms with E-state index in [1.54, 1.807) is 6.92 Å². The molecule has 0 amide bonds. The minimum absolute atomic E-state index is 0.148. The van der Waals surface area contributed by atoms with Gasteiger partial charge in [0, 0.05) is 5.56 Å². The standard InChI is InChI=1S/C9H8F3NO.C2H4O3S/c1-6-2-4-7(5-3-6)8(13-14)9(10,11)12;1-2-6(3,4)5/h2-5,14H,1H3;2H,1H2,(H,3,4,5). The molecule has 5 nitrogen and oxygen atoms in total. The van der Waals surface area contributed by atoms with Gasteiger partial charge in [0.15, 0.2) is 5.71 Å². The Morgan fingerprint density at radius 1 is 1.30 bits per heavy atom. The maximum Gasteiger partial charge on any atom is 0.437 e. The van der Waals surface area contributed by atoms with Gasteiger partial charge in [-0.25, -0.2) is 0 Å². The minimum Gasteiger partial charge on any atom is -0.410 e. The SMILES string of the molecule is C=CS(=O)(=O)O.Cc1ccc(C(=NO)C(F)(F)F)cc1. The van der Waals surface area contributed by atoms with Crippen LogP contribution < -0.4 is 0 Å². The van der Waals surface area contributed by atoms with Crippen LogP contribution in [-0.4, -0.2) is 30.1 Å². The average Bonchev–Trinajstić information content (AvgIpc) is 2.31. The summed E-state index contributed by atoms with van der Waals surface area (Å²) in [4.78, 5) is 0. The largest absolute Gasteiger partial charge is 0.437 e. The molecule has 0 spiro atoms. The number of nitrogens with zero attached hydrogens (tertiary/aromatic N) is 1. The van der Waals surface area contributed by atoms with E-state index in [2.05, 4.69) is 11.7 Å². The van der Waals surface area contributed by atoms with Gasteiger partial charge in [0.1, 0.15) is 0 Å². The van der Waals surface area contributed by atoms with E-state index in [0.29, 0.717) is 5.41 Å². The molecule has 0 heterocycles. The molecule has 0 saturated heterocycles. The van der Waals surface area contributed by atoms with E-state index in [9.17, 15) is 21.6 Å². The molecule has 112 valence electrons. The van der Waals surface area contributed by atoms with Crippen LogP contribution in [0.25, 0.3) is 0 Å². The van der Waals surface area contributed by atoms with Crippen LogP contribution in [0.4, 0.5) is 13.2 Å². The predicted molar refractivity (Wildman–Crippen MR) is 67.3 cm³/mol. The highest BCUT2D eigenvalue weighted by molar-refractivity contribution is 7.88. The van der Waals surface area contributed by atoms with Gasteiger partial charge in [-0.3, -0.25) is 4.55 Å². The third-order valence-corrected chi connectivity index (χ3v) is 2.33. The first-order chi connectivity index (χ1) is 9.01. The molecule has 0 bridgehead atoms. The number of hydrogen-bond acceptors (Lipinski definition) is 4. The van der Waals surface area contributed by atoms with E-state index in [1.807, 2.05) is 0 Å². The van der Waals surface area contributed by atoms with Crippen LogP contribution >= 0.6 is 0 Å². The van der Waals surface area contributed by atoms with Crippen molar-refractivity contribution in [3.8, 4) is 0 Å². The van der Waals surface area contributed by atoms with Gasteiger partial charge in [-0.05, 0) is 6.92 Å². The lowest BCUT2D eigenvalue weighted by Crippen LogP contribution is -2.23. The van der Waals surface area contributed by atoms with Crippen molar-refractivity contribution in [2.45, 2.75) is 13.1 Å². The molecule has 0 aliphatic carbocycles. The molecule has 1 rings (SSSR count). The summed E-state index contributed by atoms with van der Waals surface area (Å²) in [6.07, 6.45) is -4.63. The van der Waals surface area contributed by atoms with Crippen molar-refractivity contribution in [1.82, 2.24) is 0 Å². The first kappa shape index (κ1) is 18.1. The summed E-state index contributed by atoms with van der Waals surface area (Å²) in [6.45, 7) is 4.55. The molecule has 9 heteroatoms. The summed E-state index contributed by atoms with van der Waals surface area (Å²) in [5.74, 6) is 0. The van der Waals surface area contributed by atoms with Gasteiger partial charge >= 0.3 is 6.18 Å². The van der Waals surface area contributed by atoms with Crippen LogP contribution in [0.3, 0.4) is 0 Å². The van der Waals surface area contributed by atoms with Crippen molar-refractivity contribution in [3.63, 3.8) is 0 Å². The molecule has 1 aromatic carbocycles. The van der Waals surface area contributed by atoms with Crippen molar-refractivity contribution >= 4 is 15.8 Å². The Morgan fingerprint density at radius 2 is 1.70 bits per heavy atom. The van der Waals surface area contributed by atoms with Crippen molar-refractivity contribution < 1.29 is 31.3 Å². The second kappa shape index (κ2) is 7.06. The molecular formula is C11H12F3NO4S. The molecule has 0 atom stereocenters. The lowest BCUT2D eigenvalue weighted by Gasteiger charge is -2.08. The predicted octanol–water partition coefficient (Wildman–Crippen LogP) is 2.75. The summed E-state index contributed by atoms with van der Waals surface area (Å²) in [6, 6.07) is 5.56. The van der Waals surface area contributed by atoms with Crippen molar-refractivity contribution in [2.75, 3.05) is 0 Å². The summed E-state index contributed by atoms with van der Waals surface area (Å²) in [7, 11) is -3.90. The monoisotopic (exact) mass is 311 g/mol. The van der Waals surface area contributed by atoms with Gasteiger partial charge in [0.25, 0.3) is 10.1 Å². The Morgan fingerprint density at radius 3 is 1.95 bits per heavy atom. The van der Waals surface area contributed by atoms with Crippen LogP contribution in [0.5, 0.6) is 0 Å². The zero-order valence-electron chi connectivity index (χ0n) is 10.3. The average molecular weight is 311 g/mol. The van der Waals surface area contributed by atoms with Gasteiger partial charge in [-0.15, -0.1) is 0 Å². The minimum atomic E-state index is -4.63. The molecule has 0 radical (unpaired) electrons. The summed E-state index contributed by atoms with van der Waals surface area (Å²) in [5.41, 5.74) is -0.587. The molecule has 0 unspecified atom stereocenters. The maximum absolute atomic E-state index is 12.2. The van der Waals surface area contributed by atoms with Gasteiger partial charge in [0.05, 0.1) is 5.41 Å². The highest BCUT2D eigenvalue weighted by Crippen LogP contribution is 2.22. The highest BCUT2D eigenvalue weighted by atomic mass is 32.2. The second-order valence-electron chi connectivity index (χ2n) is 3.49. The van der Waals surface area contributed by atoms with Crippen LogP contribution in [0, 0.1) is 6.92 Å². The third kappa shape index (κ3) is 6.90. The number of hydrogen-bond donors (Lipinski definition) is 2. The fourth-order valence-corrected chi connectivity index (χ4v) is 0.990. The number of rotatable bonds is 2. The van der Waals surface area contributed by atoms with Crippen LogP contribution in [0.2, 0.25) is 0 Å². The number of oxime groups is 1. The van der Waals surface area contributed by atoms with Crippen LogP contribution in [0.15, 0.2) is 41.4 Å². The van der Waals surface area contributed by atoms with E-state index in [4.69, 9.17) is 9.76 Å². The van der Waals surface area contributed by atoms with E-state index in [0.717, 1.165) is 5.56 Å². The second-order valence-corrected chi connectivity index (χ2v) is 4.86. The number of halogens is 3. The fourth-order valence-electron chi connectivity index (χ4n) is 0.990. The molecule has 0 aromatic heterocycles. The van der Waals surface area contributed by atoms with Crippen LogP contribution in [0.1, 0.15) is 11.1 Å². The maximum atomic E-state index is 12.2. The van der Waals surface area contributed by atoms with Crippen LogP contribution in [-0.2, 0) is 10.1 Å². The van der Waals surface area contributed by atoms with Crippen molar-refractivity contribution in [3.05, 3.63) is 47.4 Å². The molecule has 2 N–H and O–H groups in total. The summed E-state index contributed by atoms with van der Waals surface area (Å²) in [5, 5.41) is 11.0. The van der Waals surface area contributed by atoms with Crippen molar-refractivity contribution in [1.29, 1.82) is 0 Å². The topological polar surface area (TPSA) is 87.0 Å². The summed E-state index contributed by atoms with van der Waals surface area (Å²) < 4.78 is 63.2. The Kier molecular flexibility index (Phi) is 6.40. The molecule has 0 fully saturated rings. The molecule has 20 heavy (non-hydrogen) atoms. The quantitative estimate of drug-likeness (QED) is 0.380. The first-order valence-corrected chi connectivity index (χ1v) is 6.47. The molecule has 0 aliphatic heterocycles. The Hall–Kier alpha value is -1.87. The van der Waals surface area contributed by atoms with Gasteiger partial charge in [0.2, 0.25) is 0 Å². The lowest BCUT2D eigenvalue weighted by molar-refractivity contribution is -0.0601. The lowest BCUT2D eigenvalue weighted by atomic mass is 10.1. The van der Waals surface area contributed by atoms with E-state index in [-0.39, 0.29) is 5.56 Å². The Bertz CT molecular complexity index is 565. The number of alkyl halides is 3.